The molecule has 0 N–H and O–H groups in total. The molecule has 0 unspecified atom stereocenters. The van der Waals surface area contributed by atoms with Gasteiger partial charge in [-0.15, -0.1) is 0 Å². The molecule has 0 bridgehead atoms. The Labute approximate surface area is 155 Å². The fraction of sp³-hybridized carbons (Fsp3) is 0.381. The average Bonchev–Trinajstić information content (AvgIpc) is 2.69. The molecule has 5 heteroatoms. The normalized spacial score (nSPS) is 15.0. The Kier molecular flexibility index (Phi) is 5.78. The second kappa shape index (κ2) is 8.23. The molecule has 1 aliphatic heterocycles. The molecule has 0 atom stereocenters. The number of aryl methyl sites for hydroxylation is 1. The Morgan fingerprint density at radius 2 is 1.58 bits per heavy atom. The van der Waals surface area contributed by atoms with Crippen LogP contribution >= 0.6 is 0 Å². The molecule has 2 aromatic carbocycles. The fourth-order valence-electron chi connectivity index (χ4n) is 3.21. The van der Waals surface area contributed by atoms with Gasteiger partial charge in [0.25, 0.3) is 5.91 Å². The molecule has 2 aromatic rings. The van der Waals surface area contributed by atoms with E-state index in [-0.39, 0.29) is 5.91 Å². The largest absolute Gasteiger partial charge is 0.493 e. The number of ether oxygens (including phenoxy) is 2. The maximum Gasteiger partial charge on any atom is 0.254 e. The van der Waals surface area contributed by atoms with Gasteiger partial charge in [-0.25, -0.2) is 0 Å². The number of rotatable bonds is 5. The van der Waals surface area contributed by atoms with Crippen LogP contribution in [0.5, 0.6) is 11.5 Å². The van der Waals surface area contributed by atoms with Crippen LogP contribution in [-0.2, 0) is 6.54 Å². The Morgan fingerprint density at radius 3 is 2.19 bits per heavy atom. The van der Waals surface area contributed by atoms with Crippen LogP contribution in [0.3, 0.4) is 0 Å². The molecule has 1 heterocycles. The van der Waals surface area contributed by atoms with Gasteiger partial charge in [-0.3, -0.25) is 9.69 Å². The van der Waals surface area contributed by atoms with Gasteiger partial charge in [-0.2, -0.15) is 0 Å². The summed E-state index contributed by atoms with van der Waals surface area (Å²) in [4.78, 5) is 17.1. The number of carbonyl (C=O) groups excluding carboxylic acids is 1. The molecule has 0 radical (unpaired) electrons. The molecule has 138 valence electrons. The molecule has 1 amide bonds. The summed E-state index contributed by atoms with van der Waals surface area (Å²) in [5.74, 6) is 1.25. The molecular formula is C21H26N2O3. The third-order valence-corrected chi connectivity index (χ3v) is 4.82. The van der Waals surface area contributed by atoms with Crippen molar-refractivity contribution >= 4 is 5.91 Å². The molecule has 0 aromatic heterocycles. The van der Waals surface area contributed by atoms with E-state index in [1.165, 1.54) is 11.1 Å². The van der Waals surface area contributed by atoms with Crippen LogP contribution in [-0.4, -0.2) is 56.1 Å². The summed E-state index contributed by atoms with van der Waals surface area (Å²) in [5, 5.41) is 0. The van der Waals surface area contributed by atoms with Gasteiger partial charge in [-0.1, -0.05) is 29.8 Å². The number of methoxy groups -OCH3 is 2. The number of benzene rings is 2. The molecule has 0 spiro atoms. The van der Waals surface area contributed by atoms with E-state index in [1.54, 1.807) is 32.4 Å². The predicted molar refractivity (Wildman–Crippen MR) is 102 cm³/mol. The smallest absolute Gasteiger partial charge is 0.254 e. The van der Waals surface area contributed by atoms with E-state index in [0.29, 0.717) is 17.1 Å². The summed E-state index contributed by atoms with van der Waals surface area (Å²) in [6.07, 6.45) is 0. The molecule has 0 saturated carbocycles. The summed E-state index contributed by atoms with van der Waals surface area (Å²) >= 11 is 0. The Morgan fingerprint density at radius 1 is 0.923 bits per heavy atom. The van der Waals surface area contributed by atoms with Crippen molar-refractivity contribution in [2.45, 2.75) is 13.5 Å². The lowest BCUT2D eigenvalue weighted by Gasteiger charge is -2.35. The minimum Gasteiger partial charge on any atom is -0.493 e. The molecule has 1 aliphatic rings. The van der Waals surface area contributed by atoms with Crippen molar-refractivity contribution in [3.63, 3.8) is 0 Å². The van der Waals surface area contributed by atoms with Crippen molar-refractivity contribution in [2.75, 3.05) is 40.4 Å². The van der Waals surface area contributed by atoms with E-state index < -0.39 is 0 Å². The Balaban J connectivity index is 1.59. The maximum absolute atomic E-state index is 12.8. The van der Waals surface area contributed by atoms with Crippen molar-refractivity contribution in [2.24, 2.45) is 0 Å². The van der Waals surface area contributed by atoms with Crippen LogP contribution in [0.1, 0.15) is 21.5 Å². The first-order valence-corrected chi connectivity index (χ1v) is 8.90. The van der Waals surface area contributed by atoms with Crippen molar-refractivity contribution in [1.82, 2.24) is 9.80 Å². The third kappa shape index (κ3) is 4.17. The molecule has 1 fully saturated rings. The molecular weight excluding hydrogens is 328 g/mol. The van der Waals surface area contributed by atoms with Crippen molar-refractivity contribution in [1.29, 1.82) is 0 Å². The van der Waals surface area contributed by atoms with E-state index in [0.717, 1.165) is 32.7 Å². The van der Waals surface area contributed by atoms with Crippen LogP contribution in [0.4, 0.5) is 0 Å². The van der Waals surface area contributed by atoms with Crippen LogP contribution in [0.2, 0.25) is 0 Å². The Bertz CT molecular complexity index is 750. The van der Waals surface area contributed by atoms with E-state index >= 15 is 0 Å². The van der Waals surface area contributed by atoms with Gasteiger partial charge >= 0.3 is 0 Å². The highest BCUT2D eigenvalue weighted by Crippen LogP contribution is 2.28. The third-order valence-electron chi connectivity index (χ3n) is 4.82. The first-order valence-electron chi connectivity index (χ1n) is 8.90. The van der Waals surface area contributed by atoms with Gasteiger partial charge in [0.05, 0.1) is 14.2 Å². The van der Waals surface area contributed by atoms with E-state index in [9.17, 15) is 4.79 Å². The van der Waals surface area contributed by atoms with Gasteiger partial charge in [0.15, 0.2) is 11.5 Å². The van der Waals surface area contributed by atoms with Gasteiger partial charge in [0.2, 0.25) is 0 Å². The summed E-state index contributed by atoms with van der Waals surface area (Å²) in [6.45, 7) is 6.26. The minimum atomic E-state index is 0.0425. The van der Waals surface area contributed by atoms with Crippen LogP contribution in [0.25, 0.3) is 0 Å². The highest BCUT2D eigenvalue weighted by molar-refractivity contribution is 5.95. The molecule has 3 rings (SSSR count). The van der Waals surface area contributed by atoms with Gasteiger partial charge < -0.3 is 14.4 Å². The molecule has 1 saturated heterocycles. The van der Waals surface area contributed by atoms with Crippen LogP contribution in [0, 0.1) is 6.92 Å². The zero-order valence-electron chi connectivity index (χ0n) is 15.7. The highest BCUT2D eigenvalue weighted by Gasteiger charge is 2.23. The second-order valence-electron chi connectivity index (χ2n) is 6.62. The first-order chi connectivity index (χ1) is 12.6. The molecule has 26 heavy (non-hydrogen) atoms. The standard InChI is InChI=1S/C21H26N2O3/c1-16-4-6-17(7-5-16)15-22-10-12-23(13-11-22)21(24)18-8-9-19(25-2)20(14-18)26-3/h4-9,14H,10-13,15H2,1-3H3. The number of carbonyl (C=O) groups is 1. The van der Waals surface area contributed by atoms with Gasteiger partial charge in [0.1, 0.15) is 0 Å². The predicted octanol–water partition coefficient (Wildman–Crippen LogP) is 2.97. The summed E-state index contributed by atoms with van der Waals surface area (Å²) < 4.78 is 10.5. The lowest BCUT2D eigenvalue weighted by atomic mass is 10.1. The maximum atomic E-state index is 12.8. The average molecular weight is 354 g/mol. The highest BCUT2D eigenvalue weighted by atomic mass is 16.5. The van der Waals surface area contributed by atoms with E-state index in [4.69, 9.17) is 9.47 Å². The fourth-order valence-corrected chi connectivity index (χ4v) is 3.21. The van der Waals surface area contributed by atoms with Gasteiger partial charge in [-0.05, 0) is 30.7 Å². The van der Waals surface area contributed by atoms with Crippen molar-refractivity contribution < 1.29 is 14.3 Å². The van der Waals surface area contributed by atoms with Crippen LogP contribution in [0.15, 0.2) is 42.5 Å². The number of hydrogen-bond donors (Lipinski definition) is 0. The monoisotopic (exact) mass is 354 g/mol. The minimum absolute atomic E-state index is 0.0425. The van der Waals surface area contributed by atoms with Crippen LogP contribution < -0.4 is 9.47 Å². The zero-order chi connectivity index (χ0) is 18.5. The summed E-state index contributed by atoms with van der Waals surface area (Å²) in [7, 11) is 3.17. The zero-order valence-corrected chi connectivity index (χ0v) is 15.7. The summed E-state index contributed by atoms with van der Waals surface area (Å²) in [6, 6.07) is 14.0. The molecule has 0 aliphatic carbocycles. The lowest BCUT2D eigenvalue weighted by molar-refractivity contribution is 0.0628. The SMILES string of the molecule is COc1ccc(C(=O)N2CCN(Cc3ccc(C)cc3)CC2)cc1OC. The number of piperazine rings is 1. The number of hydrogen-bond acceptors (Lipinski definition) is 4. The topological polar surface area (TPSA) is 42.0 Å². The molecule has 5 nitrogen and oxygen atoms in total. The lowest BCUT2D eigenvalue weighted by Crippen LogP contribution is -2.48. The quantitative estimate of drug-likeness (QED) is 0.828. The summed E-state index contributed by atoms with van der Waals surface area (Å²) in [5.41, 5.74) is 3.23. The second-order valence-corrected chi connectivity index (χ2v) is 6.62. The Hall–Kier alpha value is -2.53. The van der Waals surface area contributed by atoms with Gasteiger partial charge in [0, 0.05) is 38.3 Å². The van der Waals surface area contributed by atoms with Crippen molar-refractivity contribution in [3.8, 4) is 11.5 Å². The number of nitrogens with zero attached hydrogens (tertiary/aromatic N) is 2. The van der Waals surface area contributed by atoms with Crippen molar-refractivity contribution in [3.05, 3.63) is 59.2 Å². The number of amides is 1. The van der Waals surface area contributed by atoms with E-state index in [2.05, 4.69) is 36.1 Å². The first kappa shape index (κ1) is 18.3. The van der Waals surface area contributed by atoms with E-state index in [1.807, 2.05) is 4.90 Å².